The number of rotatable bonds is 4. The van der Waals surface area contributed by atoms with Gasteiger partial charge >= 0.3 is 6.36 Å². The van der Waals surface area contributed by atoms with Crippen molar-refractivity contribution in [1.82, 2.24) is 0 Å². The standard InChI is InChI=1S/C12H15F4NO/c1-7(2)5-11(17)9-6-8(3-4-10(9)13)18-12(14,15)16/h3-4,6-7,11H,5,17H2,1-2H3/t11-/m1/s1. The SMILES string of the molecule is CC(C)C[C@@H](N)c1cc(OC(F)(F)F)ccc1F. The second-order valence-corrected chi connectivity index (χ2v) is 4.47. The second-order valence-electron chi connectivity index (χ2n) is 4.47. The number of alkyl halides is 3. The largest absolute Gasteiger partial charge is 0.573 e. The third-order valence-electron chi connectivity index (χ3n) is 2.33. The molecular formula is C12H15F4NO. The fraction of sp³-hybridized carbons (Fsp3) is 0.500. The van der Waals surface area contributed by atoms with Gasteiger partial charge < -0.3 is 10.5 Å². The number of ether oxygens (including phenoxy) is 1. The zero-order chi connectivity index (χ0) is 13.9. The van der Waals surface area contributed by atoms with Crippen LogP contribution in [0.5, 0.6) is 5.75 Å². The second kappa shape index (κ2) is 5.56. The Hall–Kier alpha value is -1.30. The van der Waals surface area contributed by atoms with Crippen LogP contribution in [-0.2, 0) is 0 Å². The van der Waals surface area contributed by atoms with Crippen LogP contribution in [-0.4, -0.2) is 6.36 Å². The molecular weight excluding hydrogens is 250 g/mol. The molecule has 0 amide bonds. The first kappa shape index (κ1) is 14.8. The number of benzene rings is 1. The summed E-state index contributed by atoms with van der Waals surface area (Å²) in [4.78, 5) is 0. The molecule has 0 aliphatic carbocycles. The summed E-state index contributed by atoms with van der Waals surface area (Å²) in [6.07, 6.45) is -4.32. The molecule has 102 valence electrons. The van der Waals surface area contributed by atoms with Crippen LogP contribution >= 0.6 is 0 Å². The van der Waals surface area contributed by atoms with Gasteiger partial charge in [0.15, 0.2) is 0 Å². The Kier molecular flexibility index (Phi) is 4.56. The van der Waals surface area contributed by atoms with Gasteiger partial charge in [-0.1, -0.05) is 13.8 Å². The van der Waals surface area contributed by atoms with Crippen LogP contribution in [0, 0.1) is 11.7 Å². The minimum Gasteiger partial charge on any atom is -0.406 e. The lowest BCUT2D eigenvalue weighted by atomic mass is 9.97. The van der Waals surface area contributed by atoms with E-state index < -0.39 is 24.0 Å². The maximum absolute atomic E-state index is 13.5. The van der Waals surface area contributed by atoms with E-state index >= 15 is 0 Å². The number of halogens is 4. The summed E-state index contributed by atoms with van der Waals surface area (Å²) in [7, 11) is 0. The van der Waals surface area contributed by atoms with E-state index in [-0.39, 0.29) is 11.5 Å². The highest BCUT2D eigenvalue weighted by Crippen LogP contribution is 2.28. The Labute approximate surface area is 103 Å². The quantitative estimate of drug-likeness (QED) is 0.841. The molecule has 1 atom stereocenters. The summed E-state index contributed by atoms with van der Waals surface area (Å²) < 4.78 is 53.3. The number of hydrogen-bond acceptors (Lipinski definition) is 2. The molecule has 0 saturated heterocycles. The van der Waals surface area contributed by atoms with Gasteiger partial charge in [0.2, 0.25) is 0 Å². The van der Waals surface area contributed by atoms with Crippen LogP contribution in [0.1, 0.15) is 31.9 Å². The molecule has 0 aliphatic heterocycles. The van der Waals surface area contributed by atoms with Crippen molar-refractivity contribution in [3.8, 4) is 5.75 Å². The van der Waals surface area contributed by atoms with Crippen LogP contribution < -0.4 is 10.5 Å². The first-order valence-corrected chi connectivity index (χ1v) is 5.50. The van der Waals surface area contributed by atoms with Crippen molar-refractivity contribution in [3.05, 3.63) is 29.6 Å². The van der Waals surface area contributed by atoms with E-state index in [1.165, 1.54) is 0 Å². The Bertz CT molecular complexity index is 404. The highest BCUT2D eigenvalue weighted by Gasteiger charge is 2.31. The fourth-order valence-corrected chi connectivity index (χ4v) is 1.64. The van der Waals surface area contributed by atoms with Gasteiger partial charge in [-0.25, -0.2) is 4.39 Å². The van der Waals surface area contributed by atoms with E-state index in [1.54, 1.807) is 0 Å². The Morgan fingerprint density at radius 1 is 1.28 bits per heavy atom. The summed E-state index contributed by atoms with van der Waals surface area (Å²) in [6.45, 7) is 3.79. The van der Waals surface area contributed by atoms with Crippen LogP contribution in [0.4, 0.5) is 17.6 Å². The monoisotopic (exact) mass is 265 g/mol. The highest BCUT2D eigenvalue weighted by atomic mass is 19.4. The summed E-state index contributed by atoms with van der Waals surface area (Å²) >= 11 is 0. The molecule has 0 aromatic heterocycles. The number of nitrogens with two attached hydrogens (primary N) is 1. The van der Waals surface area contributed by atoms with Crippen LogP contribution in [0.15, 0.2) is 18.2 Å². The third-order valence-corrected chi connectivity index (χ3v) is 2.33. The van der Waals surface area contributed by atoms with Crippen molar-refractivity contribution in [2.45, 2.75) is 32.7 Å². The molecule has 18 heavy (non-hydrogen) atoms. The van der Waals surface area contributed by atoms with Gasteiger partial charge in [0.25, 0.3) is 0 Å². The van der Waals surface area contributed by atoms with Gasteiger partial charge in [-0.2, -0.15) is 0 Å². The molecule has 2 nitrogen and oxygen atoms in total. The van der Waals surface area contributed by atoms with E-state index in [0.717, 1.165) is 18.2 Å². The first-order valence-electron chi connectivity index (χ1n) is 5.50. The van der Waals surface area contributed by atoms with Gasteiger partial charge in [-0.3, -0.25) is 0 Å². The molecule has 0 fully saturated rings. The summed E-state index contributed by atoms with van der Waals surface area (Å²) in [5, 5.41) is 0. The van der Waals surface area contributed by atoms with Crippen LogP contribution in [0.25, 0.3) is 0 Å². The lowest BCUT2D eigenvalue weighted by molar-refractivity contribution is -0.274. The Morgan fingerprint density at radius 3 is 2.39 bits per heavy atom. The minimum absolute atomic E-state index is 0.0328. The number of hydrogen-bond donors (Lipinski definition) is 1. The maximum atomic E-state index is 13.5. The molecule has 0 unspecified atom stereocenters. The third kappa shape index (κ3) is 4.52. The Balaban J connectivity index is 2.94. The van der Waals surface area contributed by atoms with Crippen molar-refractivity contribution in [3.63, 3.8) is 0 Å². The lowest BCUT2D eigenvalue weighted by Crippen LogP contribution is -2.19. The zero-order valence-corrected chi connectivity index (χ0v) is 10.1. The lowest BCUT2D eigenvalue weighted by Gasteiger charge is -2.17. The molecule has 0 bridgehead atoms. The van der Waals surface area contributed by atoms with Crippen molar-refractivity contribution in [2.75, 3.05) is 0 Å². The van der Waals surface area contributed by atoms with Crippen LogP contribution in [0.3, 0.4) is 0 Å². The zero-order valence-electron chi connectivity index (χ0n) is 10.1. The predicted molar refractivity (Wildman–Crippen MR) is 59.5 cm³/mol. The van der Waals surface area contributed by atoms with Gasteiger partial charge in [0.1, 0.15) is 11.6 Å². The van der Waals surface area contributed by atoms with Gasteiger partial charge in [0, 0.05) is 11.6 Å². The van der Waals surface area contributed by atoms with Gasteiger partial charge in [0.05, 0.1) is 0 Å². The molecule has 0 saturated carbocycles. The van der Waals surface area contributed by atoms with E-state index in [0.29, 0.717) is 6.42 Å². The molecule has 0 radical (unpaired) electrons. The molecule has 0 aliphatic rings. The van der Waals surface area contributed by atoms with Crippen molar-refractivity contribution >= 4 is 0 Å². The highest BCUT2D eigenvalue weighted by molar-refractivity contribution is 5.32. The smallest absolute Gasteiger partial charge is 0.406 e. The normalized spacial score (nSPS) is 13.8. The van der Waals surface area contributed by atoms with Crippen LogP contribution in [0.2, 0.25) is 0 Å². The Morgan fingerprint density at radius 2 is 1.89 bits per heavy atom. The molecule has 1 rings (SSSR count). The molecule has 1 aromatic carbocycles. The summed E-state index contributed by atoms with van der Waals surface area (Å²) in [5.74, 6) is -0.873. The van der Waals surface area contributed by atoms with Crippen molar-refractivity contribution in [2.24, 2.45) is 11.7 Å². The molecule has 0 spiro atoms. The summed E-state index contributed by atoms with van der Waals surface area (Å²) in [6, 6.07) is 2.20. The van der Waals surface area contributed by atoms with Gasteiger partial charge in [-0.15, -0.1) is 13.2 Å². The van der Waals surface area contributed by atoms with Crippen molar-refractivity contribution in [1.29, 1.82) is 0 Å². The molecule has 6 heteroatoms. The van der Waals surface area contributed by atoms with E-state index in [1.807, 2.05) is 13.8 Å². The van der Waals surface area contributed by atoms with Crippen molar-refractivity contribution < 1.29 is 22.3 Å². The molecule has 2 N–H and O–H groups in total. The average molecular weight is 265 g/mol. The minimum atomic E-state index is -4.79. The van der Waals surface area contributed by atoms with Gasteiger partial charge in [-0.05, 0) is 30.5 Å². The average Bonchev–Trinajstić information content (AvgIpc) is 2.17. The molecule has 1 aromatic rings. The van der Waals surface area contributed by atoms with E-state index in [2.05, 4.69) is 4.74 Å². The fourth-order valence-electron chi connectivity index (χ4n) is 1.64. The van der Waals surface area contributed by atoms with E-state index in [4.69, 9.17) is 5.73 Å². The van der Waals surface area contributed by atoms with E-state index in [9.17, 15) is 17.6 Å². The predicted octanol–water partition coefficient (Wildman–Crippen LogP) is 3.77. The molecule has 0 heterocycles. The summed E-state index contributed by atoms with van der Waals surface area (Å²) in [5.41, 5.74) is 5.79. The topological polar surface area (TPSA) is 35.2 Å². The maximum Gasteiger partial charge on any atom is 0.573 e. The first-order chi connectivity index (χ1) is 8.19.